The Bertz CT molecular complexity index is 1770. The topological polar surface area (TPSA) is 200 Å². The van der Waals surface area contributed by atoms with E-state index in [9.17, 15) is 45.0 Å². The lowest BCUT2D eigenvalue weighted by molar-refractivity contribution is -0.274. The fraction of sp³-hybridized carbons (Fsp3) is 0.378. The van der Waals surface area contributed by atoms with Gasteiger partial charge < -0.3 is 50.5 Å². The molecule has 3 aliphatic rings. The third-order valence-electron chi connectivity index (χ3n) is 9.83. The summed E-state index contributed by atoms with van der Waals surface area (Å²) >= 11 is 0. The molecule has 0 aliphatic carbocycles. The molecule has 8 atom stereocenters. The Labute approximate surface area is 288 Å². The average Bonchev–Trinajstić information content (AvgIpc) is 3.33. The summed E-state index contributed by atoms with van der Waals surface area (Å²) in [6, 6.07) is 21.1. The first-order valence-corrected chi connectivity index (χ1v) is 16.5. The van der Waals surface area contributed by atoms with Gasteiger partial charge in [-0.1, -0.05) is 73.7 Å². The molecule has 13 heteroatoms. The number of amides is 3. The predicted octanol–water partition coefficient (Wildman–Crippen LogP) is 0.688. The van der Waals surface area contributed by atoms with E-state index in [1.54, 1.807) is 30.0 Å². The van der Waals surface area contributed by atoms with E-state index in [2.05, 4.69) is 5.32 Å². The summed E-state index contributed by atoms with van der Waals surface area (Å²) in [6.45, 7) is 1.98. The van der Waals surface area contributed by atoms with Gasteiger partial charge in [-0.3, -0.25) is 14.4 Å². The molecule has 3 aliphatic heterocycles. The van der Waals surface area contributed by atoms with E-state index in [-0.39, 0.29) is 42.8 Å². The number of aliphatic hydroxyl groups excluding tert-OH is 5. The van der Waals surface area contributed by atoms with Crippen LogP contribution in [-0.4, -0.2) is 96.6 Å². The first-order chi connectivity index (χ1) is 23.9. The van der Waals surface area contributed by atoms with Gasteiger partial charge >= 0.3 is 0 Å². The summed E-state index contributed by atoms with van der Waals surface area (Å²) in [5.41, 5.74) is 1.52. The van der Waals surface area contributed by atoms with Gasteiger partial charge in [-0.25, -0.2) is 0 Å². The molecule has 1 saturated heterocycles. The minimum atomic E-state index is -2.11. The van der Waals surface area contributed by atoms with Gasteiger partial charge in [0.25, 0.3) is 11.8 Å². The number of rotatable bonds is 9. The van der Waals surface area contributed by atoms with E-state index < -0.39 is 54.0 Å². The molecule has 3 aromatic rings. The maximum atomic E-state index is 14.1. The normalized spacial score (nSPS) is 28.3. The number of hydrogen-bond donors (Lipinski definition) is 7. The van der Waals surface area contributed by atoms with Gasteiger partial charge in [-0.05, 0) is 41.3 Å². The smallest absolute Gasteiger partial charge is 0.264 e. The zero-order valence-electron chi connectivity index (χ0n) is 27.4. The van der Waals surface area contributed by atoms with Crippen LogP contribution in [0.25, 0.3) is 0 Å². The summed E-state index contributed by atoms with van der Waals surface area (Å²) in [7, 11) is 0. The highest BCUT2D eigenvalue weighted by Gasteiger charge is 2.53. The fourth-order valence-electron chi connectivity index (χ4n) is 6.91. The van der Waals surface area contributed by atoms with E-state index >= 15 is 0 Å². The van der Waals surface area contributed by atoms with Crippen molar-refractivity contribution < 1.29 is 49.8 Å². The van der Waals surface area contributed by atoms with E-state index in [4.69, 9.17) is 4.74 Å². The highest BCUT2D eigenvalue weighted by molar-refractivity contribution is 6.08. The second kappa shape index (κ2) is 14.4. The molecule has 0 aromatic heterocycles. The molecule has 0 bridgehead atoms. The highest BCUT2D eigenvalue weighted by Crippen LogP contribution is 2.47. The Morgan fingerprint density at radius 3 is 2.40 bits per heavy atom. The Morgan fingerprint density at radius 2 is 1.68 bits per heavy atom. The molecule has 264 valence electrons. The fourth-order valence-corrected chi connectivity index (χ4v) is 6.91. The molecule has 0 spiro atoms. The number of fused-ring (bicyclic) bond motifs is 2. The molecule has 3 amide bonds. The van der Waals surface area contributed by atoms with Crippen molar-refractivity contribution in [2.24, 2.45) is 5.92 Å². The predicted molar refractivity (Wildman–Crippen MR) is 180 cm³/mol. The number of carbonyl (C=O) groups excluding carboxylic acids is 3. The largest absolute Gasteiger partial charge is 0.394 e. The Balaban J connectivity index is 1.24. The van der Waals surface area contributed by atoms with E-state index in [1.807, 2.05) is 54.6 Å². The number of aliphatic hydroxyl groups is 6. The van der Waals surface area contributed by atoms with Gasteiger partial charge in [0.15, 0.2) is 18.0 Å². The van der Waals surface area contributed by atoms with Gasteiger partial charge in [0.2, 0.25) is 5.91 Å². The summed E-state index contributed by atoms with van der Waals surface area (Å²) < 4.78 is 5.04. The number of anilines is 2. The van der Waals surface area contributed by atoms with Crippen LogP contribution in [0.2, 0.25) is 0 Å². The maximum absolute atomic E-state index is 14.1. The molecular formula is C37H41N3O10. The zero-order chi connectivity index (χ0) is 35.7. The minimum absolute atomic E-state index is 0.0277. The molecule has 0 saturated carbocycles. The number of ether oxygens (including phenoxy) is 1. The van der Waals surface area contributed by atoms with Crippen molar-refractivity contribution in [3.05, 3.63) is 107 Å². The first-order valence-electron chi connectivity index (χ1n) is 16.5. The van der Waals surface area contributed by atoms with Crippen LogP contribution in [0.15, 0.2) is 84.9 Å². The monoisotopic (exact) mass is 687 g/mol. The molecule has 1 fully saturated rings. The van der Waals surface area contributed by atoms with Gasteiger partial charge in [-0.2, -0.15) is 0 Å². The lowest BCUT2D eigenvalue weighted by Gasteiger charge is -2.37. The Kier molecular flexibility index (Phi) is 10.2. The van der Waals surface area contributed by atoms with Crippen molar-refractivity contribution in [1.82, 2.24) is 4.90 Å². The lowest BCUT2D eigenvalue weighted by Crippen LogP contribution is -2.60. The molecule has 7 N–H and O–H groups in total. The van der Waals surface area contributed by atoms with Gasteiger partial charge in [0.05, 0.1) is 24.9 Å². The Hall–Kier alpha value is -4.47. The standard InChI is InChI=1S/C37H41N3O10/c1-21(8-7-13-29(42)39-19-24-12-6-5-11-23(24)16-26(39)20-41)37(49)27-17-25(38-34(46)33-31(44)30(43)32(45)35(47)50-33)14-15-28(27)40(36(37)48)18-22-9-3-2-4-10-22/h2-12,14-15,17,21,26,30-33,35,41,43-45,47,49H,13,16,18-20H2,1H3,(H,38,46)/b8-7+/t21-,26+,30+,31+,32-,33+,35-,37+/m1/s1. The molecule has 0 radical (unpaired) electrons. The maximum Gasteiger partial charge on any atom is 0.264 e. The Morgan fingerprint density at radius 1 is 0.980 bits per heavy atom. The number of hydrogen-bond acceptors (Lipinski definition) is 10. The second-order valence-corrected chi connectivity index (χ2v) is 13.0. The third kappa shape index (κ3) is 6.56. The zero-order valence-corrected chi connectivity index (χ0v) is 27.4. The minimum Gasteiger partial charge on any atom is -0.394 e. The van der Waals surface area contributed by atoms with Crippen molar-refractivity contribution in [1.29, 1.82) is 0 Å². The van der Waals surface area contributed by atoms with Crippen LogP contribution in [0.4, 0.5) is 11.4 Å². The number of carbonyl (C=O) groups is 3. The van der Waals surface area contributed by atoms with Crippen LogP contribution >= 0.6 is 0 Å². The molecule has 0 unspecified atom stereocenters. The molecule has 13 nitrogen and oxygen atoms in total. The van der Waals surface area contributed by atoms with Crippen LogP contribution in [0.1, 0.15) is 35.6 Å². The van der Waals surface area contributed by atoms with Gasteiger partial charge in [-0.15, -0.1) is 0 Å². The van der Waals surface area contributed by atoms with Crippen molar-refractivity contribution in [3.63, 3.8) is 0 Å². The van der Waals surface area contributed by atoms with Gasteiger partial charge in [0.1, 0.15) is 18.3 Å². The van der Waals surface area contributed by atoms with Crippen LogP contribution in [-0.2, 0) is 44.2 Å². The second-order valence-electron chi connectivity index (χ2n) is 13.0. The van der Waals surface area contributed by atoms with E-state index in [0.29, 0.717) is 18.7 Å². The summed E-state index contributed by atoms with van der Waals surface area (Å²) in [4.78, 5) is 43.6. The van der Waals surface area contributed by atoms with Crippen LogP contribution < -0.4 is 10.2 Å². The third-order valence-corrected chi connectivity index (χ3v) is 9.83. The number of nitrogens with zero attached hydrogens (tertiary/aromatic N) is 2. The molecule has 3 heterocycles. The van der Waals surface area contributed by atoms with Crippen molar-refractivity contribution >= 4 is 29.1 Å². The van der Waals surface area contributed by atoms with Crippen LogP contribution in [0, 0.1) is 5.92 Å². The van der Waals surface area contributed by atoms with E-state index in [0.717, 1.165) is 16.7 Å². The summed E-state index contributed by atoms with van der Waals surface area (Å²) in [6.07, 6.45) is -5.44. The summed E-state index contributed by atoms with van der Waals surface area (Å²) in [5, 5.41) is 64.8. The quantitative estimate of drug-likeness (QED) is 0.157. The molecular weight excluding hydrogens is 646 g/mol. The highest BCUT2D eigenvalue weighted by atomic mass is 16.6. The first kappa shape index (κ1) is 35.4. The molecule has 3 aromatic carbocycles. The van der Waals surface area contributed by atoms with Crippen LogP contribution in [0.3, 0.4) is 0 Å². The van der Waals surface area contributed by atoms with Crippen molar-refractivity contribution in [2.45, 2.75) is 75.2 Å². The molecule has 6 rings (SSSR count). The molecule has 50 heavy (non-hydrogen) atoms. The van der Waals surface area contributed by atoms with Crippen molar-refractivity contribution in [3.8, 4) is 0 Å². The number of benzene rings is 3. The lowest BCUT2D eigenvalue weighted by atomic mass is 9.82. The van der Waals surface area contributed by atoms with Gasteiger partial charge in [0, 0.05) is 30.1 Å². The summed E-state index contributed by atoms with van der Waals surface area (Å²) in [5.74, 6) is -2.61. The van der Waals surface area contributed by atoms with Crippen molar-refractivity contribution in [2.75, 3.05) is 16.8 Å². The van der Waals surface area contributed by atoms with E-state index in [1.165, 1.54) is 17.0 Å². The number of nitrogens with one attached hydrogen (secondary N) is 1. The van der Waals surface area contributed by atoms with Crippen LogP contribution in [0.5, 0.6) is 0 Å². The SMILES string of the molecule is C[C@H](/C=C/CC(=O)N1Cc2ccccc2C[C@H]1CO)[C@@]1(O)C(=O)N(Cc2ccccc2)c2ccc(NC(=O)[C@H]3O[C@@H](O)[C@H](O)[C@@H](O)[C@@H]3O)cc21. The average molecular weight is 688 g/mol.